The van der Waals surface area contributed by atoms with Crippen molar-refractivity contribution in [3.63, 3.8) is 0 Å². The lowest BCUT2D eigenvalue weighted by atomic mass is 10.2. The van der Waals surface area contributed by atoms with Crippen molar-refractivity contribution in [1.29, 1.82) is 0 Å². The first kappa shape index (κ1) is 14.7. The summed E-state index contributed by atoms with van der Waals surface area (Å²) in [6, 6.07) is 2.14. The summed E-state index contributed by atoms with van der Waals surface area (Å²) in [5, 5.41) is 3.12. The Hall–Kier alpha value is -0.730. The fourth-order valence-electron chi connectivity index (χ4n) is 1.86. The van der Waals surface area contributed by atoms with Crippen molar-refractivity contribution < 1.29 is 4.74 Å². The van der Waals surface area contributed by atoms with Crippen LogP contribution in [0.1, 0.15) is 15.4 Å². The van der Waals surface area contributed by atoms with Gasteiger partial charge < -0.3 is 10.1 Å². The van der Waals surface area contributed by atoms with Crippen LogP contribution in [-0.4, -0.2) is 24.1 Å². The van der Waals surface area contributed by atoms with E-state index >= 15 is 0 Å². The van der Waals surface area contributed by atoms with Gasteiger partial charge in [0.2, 0.25) is 0 Å². The van der Waals surface area contributed by atoms with Crippen LogP contribution < -0.4 is 5.32 Å². The molecule has 0 radical (unpaired) electrons. The van der Waals surface area contributed by atoms with Crippen LogP contribution in [0.25, 0.3) is 11.4 Å². The molecule has 2 rings (SSSR count). The first-order valence-corrected chi connectivity index (χ1v) is 7.76. The zero-order valence-electron chi connectivity index (χ0n) is 11.4. The van der Waals surface area contributed by atoms with Crippen molar-refractivity contribution in [1.82, 2.24) is 9.97 Å². The normalized spacial score (nSPS) is 10.8. The Morgan fingerprint density at radius 1 is 1.37 bits per heavy atom. The number of nitrogens with one attached hydrogen (secondary N) is 1. The predicted octanol–water partition coefficient (Wildman–Crippen LogP) is 3.61. The van der Waals surface area contributed by atoms with Crippen LogP contribution in [-0.2, 0) is 11.3 Å². The Morgan fingerprint density at radius 3 is 2.63 bits per heavy atom. The fraction of sp³-hybridized carbons (Fsp3) is 0.385. The first-order chi connectivity index (χ1) is 9.06. The summed E-state index contributed by atoms with van der Waals surface area (Å²) in [7, 11) is 3.55. The highest BCUT2D eigenvalue weighted by molar-refractivity contribution is 14.1. The van der Waals surface area contributed by atoms with Gasteiger partial charge in [-0.25, -0.2) is 9.97 Å². The Morgan fingerprint density at radius 2 is 2.11 bits per heavy atom. The van der Waals surface area contributed by atoms with Gasteiger partial charge in [0.15, 0.2) is 5.82 Å². The lowest BCUT2D eigenvalue weighted by Crippen LogP contribution is -2.06. The molecule has 19 heavy (non-hydrogen) atoms. The van der Waals surface area contributed by atoms with Crippen LogP contribution in [0.5, 0.6) is 0 Å². The summed E-state index contributed by atoms with van der Waals surface area (Å²) in [5.74, 6) is 1.61. The number of rotatable bonds is 4. The second kappa shape index (κ2) is 6.15. The third-order valence-electron chi connectivity index (χ3n) is 2.72. The summed E-state index contributed by atoms with van der Waals surface area (Å²) in [4.78, 5) is 11.7. The highest BCUT2D eigenvalue weighted by Gasteiger charge is 2.15. The molecule has 1 N–H and O–H groups in total. The molecule has 4 nitrogen and oxygen atoms in total. The lowest BCUT2D eigenvalue weighted by molar-refractivity contribution is 0.181. The molecule has 0 unspecified atom stereocenters. The summed E-state index contributed by atoms with van der Waals surface area (Å²) in [6.07, 6.45) is 0. The topological polar surface area (TPSA) is 47.0 Å². The van der Waals surface area contributed by atoms with E-state index in [-0.39, 0.29) is 0 Å². The van der Waals surface area contributed by atoms with E-state index in [9.17, 15) is 0 Å². The lowest BCUT2D eigenvalue weighted by Gasteiger charge is -2.10. The smallest absolute Gasteiger partial charge is 0.163 e. The van der Waals surface area contributed by atoms with E-state index in [0.29, 0.717) is 6.61 Å². The van der Waals surface area contributed by atoms with Gasteiger partial charge in [-0.1, -0.05) is 0 Å². The summed E-state index contributed by atoms with van der Waals surface area (Å²) in [5.41, 5.74) is 2.02. The summed E-state index contributed by atoms with van der Waals surface area (Å²) in [6.45, 7) is 4.69. The summed E-state index contributed by atoms with van der Waals surface area (Å²) >= 11 is 4.02. The van der Waals surface area contributed by atoms with Crippen LogP contribution in [0.15, 0.2) is 6.07 Å². The van der Waals surface area contributed by atoms with Gasteiger partial charge in [0.05, 0.1) is 15.9 Å². The minimum atomic E-state index is 0.491. The Bertz CT molecular complexity index is 598. The van der Waals surface area contributed by atoms with E-state index in [1.807, 2.05) is 7.05 Å². The standard InChI is InChI=1S/C13H16IN3OS/c1-7-5-9(8(2)19-7)12-16-10(6-18-4)11(14)13(15-3)17-12/h5H,6H2,1-4H3,(H,15,16,17). The van der Waals surface area contributed by atoms with Gasteiger partial charge in [-0.15, -0.1) is 11.3 Å². The molecule has 0 bridgehead atoms. The molecular formula is C13H16IN3OS. The third-order valence-corrected chi connectivity index (χ3v) is 4.82. The maximum absolute atomic E-state index is 5.21. The van der Waals surface area contributed by atoms with Crippen LogP contribution in [0.2, 0.25) is 0 Å². The molecule has 0 aliphatic carbocycles. The molecule has 0 fully saturated rings. The van der Waals surface area contributed by atoms with E-state index in [4.69, 9.17) is 4.74 Å². The van der Waals surface area contributed by atoms with Crippen molar-refractivity contribution in [2.45, 2.75) is 20.5 Å². The van der Waals surface area contributed by atoms with Gasteiger partial charge in [0, 0.05) is 29.5 Å². The van der Waals surface area contributed by atoms with E-state index in [0.717, 1.165) is 26.5 Å². The minimum Gasteiger partial charge on any atom is -0.378 e. The number of ether oxygens (including phenoxy) is 1. The minimum absolute atomic E-state index is 0.491. The number of methoxy groups -OCH3 is 1. The Balaban J connectivity index is 2.57. The van der Waals surface area contributed by atoms with Crippen LogP contribution >= 0.6 is 33.9 Å². The number of nitrogens with zero attached hydrogens (tertiary/aromatic N) is 2. The molecule has 0 aliphatic rings. The first-order valence-electron chi connectivity index (χ1n) is 5.87. The molecule has 0 amide bonds. The maximum Gasteiger partial charge on any atom is 0.163 e. The number of hydrogen-bond donors (Lipinski definition) is 1. The number of halogens is 1. The highest BCUT2D eigenvalue weighted by atomic mass is 127. The zero-order valence-corrected chi connectivity index (χ0v) is 14.3. The number of anilines is 1. The number of aryl methyl sites for hydroxylation is 2. The highest BCUT2D eigenvalue weighted by Crippen LogP contribution is 2.30. The SMILES string of the molecule is CNc1nc(-c2cc(C)sc2C)nc(COC)c1I. The third kappa shape index (κ3) is 3.06. The molecule has 2 heterocycles. The van der Waals surface area contributed by atoms with E-state index in [1.165, 1.54) is 9.75 Å². The van der Waals surface area contributed by atoms with Crippen molar-refractivity contribution in [2.75, 3.05) is 19.5 Å². The second-order valence-corrected chi connectivity index (χ2v) is 6.71. The van der Waals surface area contributed by atoms with Gasteiger partial charge in [-0.05, 0) is 42.5 Å². The molecule has 0 spiro atoms. The predicted molar refractivity (Wildman–Crippen MR) is 87.8 cm³/mol. The molecule has 2 aromatic heterocycles. The quantitative estimate of drug-likeness (QED) is 0.812. The molecule has 0 aliphatic heterocycles. The fourth-order valence-corrected chi connectivity index (χ4v) is 3.45. The number of aromatic nitrogens is 2. The van der Waals surface area contributed by atoms with Crippen LogP contribution in [0.4, 0.5) is 5.82 Å². The van der Waals surface area contributed by atoms with Gasteiger partial charge in [-0.3, -0.25) is 0 Å². The maximum atomic E-state index is 5.21. The molecule has 0 saturated carbocycles. The average Bonchev–Trinajstić information content (AvgIpc) is 2.71. The zero-order chi connectivity index (χ0) is 14.0. The van der Waals surface area contributed by atoms with Gasteiger partial charge in [0.25, 0.3) is 0 Å². The van der Waals surface area contributed by atoms with Crippen molar-refractivity contribution in [3.05, 3.63) is 25.1 Å². The monoisotopic (exact) mass is 389 g/mol. The summed E-state index contributed by atoms with van der Waals surface area (Å²) < 4.78 is 6.22. The Kier molecular flexibility index (Phi) is 4.75. The molecular weight excluding hydrogens is 373 g/mol. The van der Waals surface area contributed by atoms with Crippen LogP contribution in [0, 0.1) is 17.4 Å². The molecule has 102 valence electrons. The van der Waals surface area contributed by atoms with E-state index < -0.39 is 0 Å². The van der Waals surface area contributed by atoms with Crippen molar-refractivity contribution >= 4 is 39.7 Å². The number of thiophene rings is 1. The molecule has 2 aromatic rings. The second-order valence-electron chi connectivity index (χ2n) is 4.17. The van der Waals surface area contributed by atoms with Gasteiger partial charge >= 0.3 is 0 Å². The van der Waals surface area contributed by atoms with Gasteiger partial charge in [0.1, 0.15) is 5.82 Å². The largest absolute Gasteiger partial charge is 0.378 e. The molecule has 0 saturated heterocycles. The average molecular weight is 389 g/mol. The Labute approximate surface area is 130 Å². The molecule has 0 aromatic carbocycles. The molecule has 6 heteroatoms. The molecule has 0 atom stereocenters. The van der Waals surface area contributed by atoms with Crippen LogP contribution in [0.3, 0.4) is 0 Å². The van der Waals surface area contributed by atoms with Crippen molar-refractivity contribution in [3.8, 4) is 11.4 Å². The van der Waals surface area contributed by atoms with Gasteiger partial charge in [-0.2, -0.15) is 0 Å². The van der Waals surface area contributed by atoms with Crippen molar-refractivity contribution in [2.24, 2.45) is 0 Å². The number of hydrogen-bond acceptors (Lipinski definition) is 5. The van der Waals surface area contributed by atoms with E-state index in [1.54, 1.807) is 18.4 Å². The van der Waals surface area contributed by atoms with E-state index in [2.05, 4.69) is 57.8 Å².